The van der Waals surface area contributed by atoms with Gasteiger partial charge in [-0.05, 0) is 45.9 Å². The van der Waals surface area contributed by atoms with Crippen LogP contribution in [0.5, 0.6) is 0 Å². The van der Waals surface area contributed by atoms with Crippen LogP contribution in [0.15, 0.2) is 36.8 Å². The Kier molecular flexibility index (Phi) is 4.16. The van der Waals surface area contributed by atoms with Gasteiger partial charge in [0.2, 0.25) is 5.91 Å². The molecule has 0 saturated carbocycles. The third kappa shape index (κ3) is 2.92. The second-order valence-corrected chi connectivity index (χ2v) is 5.76. The molecule has 0 aromatic carbocycles. The highest BCUT2D eigenvalue weighted by atomic mass is 16.2. The lowest BCUT2D eigenvalue weighted by atomic mass is 10.2. The average molecular weight is 324 g/mol. The van der Waals surface area contributed by atoms with Crippen molar-refractivity contribution in [2.24, 2.45) is 0 Å². The third-order valence-corrected chi connectivity index (χ3v) is 3.89. The Hall–Kier alpha value is -2.96. The Bertz CT molecular complexity index is 879. The van der Waals surface area contributed by atoms with Crippen LogP contribution in [0.4, 0.5) is 5.69 Å². The predicted octanol–water partition coefficient (Wildman–Crippen LogP) is 2.59. The van der Waals surface area contributed by atoms with Crippen LogP contribution in [0.25, 0.3) is 5.82 Å². The maximum Gasteiger partial charge on any atom is 0.249 e. The number of imidazole rings is 1. The molecule has 7 nitrogen and oxygen atoms in total. The molecule has 0 aliphatic carbocycles. The molecule has 0 unspecified atom stereocenters. The molecular formula is C17H20N6O. The minimum Gasteiger partial charge on any atom is -0.321 e. The number of pyridine rings is 1. The first kappa shape index (κ1) is 15.9. The smallest absolute Gasteiger partial charge is 0.249 e. The lowest BCUT2D eigenvalue weighted by Crippen LogP contribution is -2.26. The molecule has 1 N–H and O–H groups in total. The van der Waals surface area contributed by atoms with E-state index in [0.29, 0.717) is 11.5 Å². The second-order valence-electron chi connectivity index (χ2n) is 5.76. The van der Waals surface area contributed by atoms with E-state index < -0.39 is 6.04 Å². The minimum absolute atomic E-state index is 0.145. The van der Waals surface area contributed by atoms with Crippen molar-refractivity contribution in [2.75, 3.05) is 5.32 Å². The van der Waals surface area contributed by atoms with Crippen LogP contribution in [0, 0.1) is 20.8 Å². The fourth-order valence-electron chi connectivity index (χ4n) is 2.67. The molecule has 0 saturated heterocycles. The maximum atomic E-state index is 12.7. The van der Waals surface area contributed by atoms with E-state index in [1.165, 1.54) is 0 Å². The molecule has 0 aliphatic rings. The van der Waals surface area contributed by atoms with E-state index in [4.69, 9.17) is 0 Å². The van der Waals surface area contributed by atoms with Gasteiger partial charge in [0.1, 0.15) is 11.9 Å². The van der Waals surface area contributed by atoms with E-state index in [2.05, 4.69) is 20.4 Å². The van der Waals surface area contributed by atoms with Gasteiger partial charge in [-0.15, -0.1) is 0 Å². The van der Waals surface area contributed by atoms with Crippen LogP contribution in [0.3, 0.4) is 0 Å². The summed E-state index contributed by atoms with van der Waals surface area (Å²) in [7, 11) is 0. The van der Waals surface area contributed by atoms with Crippen LogP contribution in [0.1, 0.15) is 30.2 Å². The van der Waals surface area contributed by atoms with E-state index in [0.717, 1.165) is 17.2 Å². The summed E-state index contributed by atoms with van der Waals surface area (Å²) in [6.45, 7) is 7.56. The van der Waals surface area contributed by atoms with Crippen LogP contribution in [0.2, 0.25) is 0 Å². The van der Waals surface area contributed by atoms with Crippen molar-refractivity contribution in [1.82, 2.24) is 24.3 Å². The second kappa shape index (κ2) is 6.27. The molecule has 3 aromatic heterocycles. The molecule has 3 rings (SSSR count). The summed E-state index contributed by atoms with van der Waals surface area (Å²) in [5.41, 5.74) is 2.48. The van der Waals surface area contributed by atoms with Gasteiger partial charge in [0.15, 0.2) is 5.82 Å². The third-order valence-electron chi connectivity index (χ3n) is 3.89. The van der Waals surface area contributed by atoms with Crippen molar-refractivity contribution >= 4 is 11.6 Å². The number of nitrogens with zero attached hydrogens (tertiary/aromatic N) is 5. The molecule has 124 valence electrons. The number of hydrogen-bond donors (Lipinski definition) is 1. The summed E-state index contributed by atoms with van der Waals surface area (Å²) in [6.07, 6.45) is 5.21. The summed E-state index contributed by atoms with van der Waals surface area (Å²) >= 11 is 0. The zero-order valence-electron chi connectivity index (χ0n) is 14.2. The summed E-state index contributed by atoms with van der Waals surface area (Å²) in [5, 5.41) is 7.33. The van der Waals surface area contributed by atoms with Gasteiger partial charge in [0.05, 0.1) is 11.4 Å². The summed E-state index contributed by atoms with van der Waals surface area (Å²) in [4.78, 5) is 21.2. The Balaban J connectivity index is 1.88. The summed E-state index contributed by atoms with van der Waals surface area (Å²) in [6, 6.07) is 5.15. The largest absolute Gasteiger partial charge is 0.321 e. The molecule has 24 heavy (non-hydrogen) atoms. The van der Waals surface area contributed by atoms with Gasteiger partial charge in [-0.3, -0.25) is 14.0 Å². The zero-order valence-corrected chi connectivity index (χ0v) is 14.2. The average Bonchev–Trinajstić information content (AvgIpc) is 3.12. The highest BCUT2D eigenvalue weighted by molar-refractivity contribution is 5.94. The lowest BCUT2D eigenvalue weighted by molar-refractivity contribution is -0.119. The number of anilines is 1. The van der Waals surface area contributed by atoms with Crippen LogP contribution < -0.4 is 5.32 Å². The monoisotopic (exact) mass is 324 g/mol. The minimum atomic E-state index is -0.421. The van der Waals surface area contributed by atoms with Gasteiger partial charge >= 0.3 is 0 Å². The maximum absolute atomic E-state index is 12.7. The molecule has 3 aromatic rings. The highest BCUT2D eigenvalue weighted by Crippen LogP contribution is 2.20. The quantitative estimate of drug-likeness (QED) is 0.800. The van der Waals surface area contributed by atoms with Crippen LogP contribution in [-0.2, 0) is 4.79 Å². The fraction of sp³-hybridized carbons (Fsp3) is 0.294. The predicted molar refractivity (Wildman–Crippen MR) is 91.1 cm³/mol. The van der Waals surface area contributed by atoms with Gasteiger partial charge in [-0.1, -0.05) is 0 Å². The molecule has 7 heteroatoms. The van der Waals surface area contributed by atoms with Crippen molar-refractivity contribution in [3.8, 4) is 5.82 Å². The summed E-state index contributed by atoms with van der Waals surface area (Å²) in [5.74, 6) is 1.30. The number of aromatic nitrogens is 5. The molecule has 0 radical (unpaired) electrons. The number of carbonyl (C=O) groups excluding carboxylic acids is 1. The van der Waals surface area contributed by atoms with Gasteiger partial charge in [0, 0.05) is 24.3 Å². The van der Waals surface area contributed by atoms with Gasteiger partial charge < -0.3 is 5.32 Å². The van der Waals surface area contributed by atoms with E-state index >= 15 is 0 Å². The standard InChI is InChI=1S/C17H20N6O/c1-11-10-12(2)23(21-11)13(3)17(24)20-15-6-5-7-19-16(15)22-9-8-18-14(22)4/h5-10,13H,1-4H3,(H,20,24)/t13-/m0/s1. The van der Waals surface area contributed by atoms with Crippen molar-refractivity contribution in [3.63, 3.8) is 0 Å². The molecule has 0 spiro atoms. The van der Waals surface area contributed by atoms with E-state index in [9.17, 15) is 4.79 Å². The molecule has 1 amide bonds. The summed E-state index contributed by atoms with van der Waals surface area (Å²) < 4.78 is 3.56. The fourth-order valence-corrected chi connectivity index (χ4v) is 2.67. The number of rotatable bonds is 4. The van der Waals surface area contributed by atoms with Gasteiger partial charge in [0.25, 0.3) is 0 Å². The number of amides is 1. The van der Waals surface area contributed by atoms with E-state index in [1.807, 2.05) is 50.6 Å². The van der Waals surface area contributed by atoms with E-state index in [1.54, 1.807) is 23.1 Å². The van der Waals surface area contributed by atoms with E-state index in [-0.39, 0.29) is 5.91 Å². The molecule has 0 fully saturated rings. The number of aryl methyl sites for hydroxylation is 3. The zero-order chi connectivity index (χ0) is 17.3. The molecule has 0 bridgehead atoms. The Morgan fingerprint density at radius 2 is 2.00 bits per heavy atom. The lowest BCUT2D eigenvalue weighted by Gasteiger charge is -2.16. The van der Waals surface area contributed by atoms with Crippen molar-refractivity contribution in [1.29, 1.82) is 0 Å². The van der Waals surface area contributed by atoms with Crippen LogP contribution >= 0.6 is 0 Å². The van der Waals surface area contributed by atoms with Gasteiger partial charge in [-0.2, -0.15) is 5.10 Å². The molecule has 3 heterocycles. The topological polar surface area (TPSA) is 77.6 Å². The van der Waals surface area contributed by atoms with Gasteiger partial charge in [-0.25, -0.2) is 9.97 Å². The van der Waals surface area contributed by atoms with Crippen molar-refractivity contribution < 1.29 is 4.79 Å². The molecular weight excluding hydrogens is 304 g/mol. The first-order valence-corrected chi connectivity index (χ1v) is 7.76. The molecule has 0 aliphatic heterocycles. The van der Waals surface area contributed by atoms with Crippen LogP contribution in [-0.4, -0.2) is 30.2 Å². The first-order chi connectivity index (χ1) is 11.5. The number of carbonyl (C=O) groups is 1. The van der Waals surface area contributed by atoms with Crippen molar-refractivity contribution in [2.45, 2.75) is 33.7 Å². The normalized spacial score (nSPS) is 12.2. The Morgan fingerprint density at radius 3 is 2.62 bits per heavy atom. The highest BCUT2D eigenvalue weighted by Gasteiger charge is 2.19. The Morgan fingerprint density at radius 1 is 1.21 bits per heavy atom. The van der Waals surface area contributed by atoms with Crippen molar-refractivity contribution in [3.05, 3.63) is 54.0 Å². The SMILES string of the molecule is Cc1cc(C)n([C@@H](C)C(=O)Nc2cccnc2-n2ccnc2C)n1. The first-order valence-electron chi connectivity index (χ1n) is 7.76. The number of hydrogen-bond acceptors (Lipinski definition) is 4. The molecule has 1 atom stereocenters. The number of nitrogens with one attached hydrogen (secondary N) is 1. The Labute approximate surface area is 140 Å².